The Kier molecular flexibility index (Phi) is 5.36. The van der Waals surface area contributed by atoms with E-state index in [1.807, 2.05) is 18.2 Å². The van der Waals surface area contributed by atoms with Gasteiger partial charge in [-0.2, -0.15) is 0 Å². The lowest BCUT2D eigenvalue weighted by molar-refractivity contribution is 0.170. The Labute approximate surface area is 172 Å². The van der Waals surface area contributed by atoms with Crippen molar-refractivity contribution in [3.63, 3.8) is 0 Å². The molecule has 1 aliphatic carbocycles. The Bertz CT molecular complexity index is 957. The van der Waals surface area contributed by atoms with E-state index < -0.39 is 6.10 Å². The number of aliphatic hydroxyl groups is 1. The zero-order valence-corrected chi connectivity index (χ0v) is 17.6. The summed E-state index contributed by atoms with van der Waals surface area (Å²) in [7, 11) is 0. The molecule has 0 saturated carbocycles. The summed E-state index contributed by atoms with van der Waals surface area (Å²) in [5, 5.41) is 16.1. The molecular formula is C18H17BrClN3OS2. The van der Waals surface area contributed by atoms with Gasteiger partial charge in [0.1, 0.15) is 5.15 Å². The molecule has 0 spiro atoms. The van der Waals surface area contributed by atoms with Crippen molar-refractivity contribution in [3.8, 4) is 0 Å². The van der Waals surface area contributed by atoms with Gasteiger partial charge in [0, 0.05) is 34.3 Å². The molecule has 3 aromatic rings. The molecule has 0 fully saturated rings. The van der Waals surface area contributed by atoms with Gasteiger partial charge in [-0.15, -0.1) is 22.7 Å². The Morgan fingerprint density at radius 3 is 3.08 bits per heavy atom. The van der Waals surface area contributed by atoms with Crippen LogP contribution < -0.4 is 11.1 Å². The molecule has 4 nitrogen and oxygen atoms in total. The number of nitrogens with one attached hydrogen (secondary N) is 1. The summed E-state index contributed by atoms with van der Waals surface area (Å²) in [6.07, 6.45) is 3.94. The highest BCUT2D eigenvalue weighted by atomic mass is 79.9. The van der Waals surface area contributed by atoms with Crippen LogP contribution in [0.4, 0.5) is 5.69 Å². The molecule has 0 amide bonds. The van der Waals surface area contributed by atoms with Crippen molar-refractivity contribution in [1.29, 1.82) is 0 Å². The highest BCUT2D eigenvalue weighted by Crippen LogP contribution is 2.45. The summed E-state index contributed by atoms with van der Waals surface area (Å²) < 4.78 is 1.96. The Morgan fingerprint density at radius 2 is 2.31 bits per heavy atom. The number of halogens is 2. The molecule has 0 bridgehead atoms. The van der Waals surface area contributed by atoms with Crippen LogP contribution in [0.2, 0.25) is 5.15 Å². The van der Waals surface area contributed by atoms with E-state index in [0.29, 0.717) is 5.15 Å². The maximum atomic E-state index is 10.1. The minimum atomic E-state index is -0.626. The minimum Gasteiger partial charge on any atom is -0.387 e. The second-order valence-corrected chi connectivity index (χ2v) is 9.49. The van der Waals surface area contributed by atoms with Crippen molar-refractivity contribution >= 4 is 66.1 Å². The highest BCUT2D eigenvalue weighted by Gasteiger charge is 2.31. The third-order valence-electron chi connectivity index (χ3n) is 4.53. The number of thiophene rings is 2. The first kappa shape index (κ1) is 18.4. The van der Waals surface area contributed by atoms with E-state index in [1.54, 1.807) is 28.7 Å². The molecule has 3 heterocycles. The maximum Gasteiger partial charge on any atom is 0.131 e. The minimum absolute atomic E-state index is 0.0486. The van der Waals surface area contributed by atoms with Crippen LogP contribution >= 0.6 is 50.2 Å². The van der Waals surface area contributed by atoms with Crippen LogP contribution in [0.25, 0.3) is 10.2 Å². The molecule has 4 N–H and O–H groups in total. The van der Waals surface area contributed by atoms with E-state index in [2.05, 4.69) is 37.7 Å². The van der Waals surface area contributed by atoms with Gasteiger partial charge < -0.3 is 16.2 Å². The van der Waals surface area contributed by atoms with Gasteiger partial charge in [0.05, 0.1) is 26.5 Å². The molecule has 3 atom stereocenters. The average Bonchev–Trinajstić information content (AvgIpc) is 3.24. The lowest BCUT2D eigenvalue weighted by Gasteiger charge is -2.28. The summed E-state index contributed by atoms with van der Waals surface area (Å²) in [5.41, 5.74) is 8.06. The molecule has 8 heteroatoms. The van der Waals surface area contributed by atoms with E-state index in [9.17, 15) is 5.11 Å². The number of rotatable bonds is 4. The van der Waals surface area contributed by atoms with Gasteiger partial charge >= 0.3 is 0 Å². The van der Waals surface area contributed by atoms with Crippen molar-refractivity contribution in [2.24, 2.45) is 5.73 Å². The van der Waals surface area contributed by atoms with Crippen molar-refractivity contribution in [2.45, 2.75) is 31.0 Å². The molecule has 3 aromatic heterocycles. The number of hydrogen-bond donors (Lipinski definition) is 3. The molecule has 0 aromatic carbocycles. The van der Waals surface area contributed by atoms with Gasteiger partial charge in [0.2, 0.25) is 0 Å². The van der Waals surface area contributed by atoms with Crippen LogP contribution in [-0.4, -0.2) is 22.2 Å². The van der Waals surface area contributed by atoms with Gasteiger partial charge in [0.15, 0.2) is 0 Å². The topological polar surface area (TPSA) is 71.2 Å². The fourth-order valence-corrected chi connectivity index (χ4v) is 6.25. The number of nitrogens with zero attached hydrogens (tertiary/aromatic N) is 1. The third kappa shape index (κ3) is 3.44. The normalized spacial score (nSPS) is 22.8. The monoisotopic (exact) mass is 469 g/mol. The fraction of sp³-hybridized carbons (Fsp3) is 0.278. The molecule has 1 aliphatic rings. The SMILES string of the molecule is N[C@H]1[C@H](O)C=CC[C@@H]1c1sc2c(NCc3cccs3)cc(Cl)nc2c1Br. The molecule has 0 unspecified atom stereocenters. The van der Waals surface area contributed by atoms with Crippen LogP contribution in [0, 0.1) is 0 Å². The van der Waals surface area contributed by atoms with Gasteiger partial charge in [-0.1, -0.05) is 29.8 Å². The molecule has 0 radical (unpaired) electrons. The zero-order chi connectivity index (χ0) is 18.3. The van der Waals surface area contributed by atoms with Crippen molar-refractivity contribution in [1.82, 2.24) is 4.98 Å². The smallest absolute Gasteiger partial charge is 0.131 e. The standard InChI is InChI=1S/C18H17BrClN3OS2/c19-14-16-18(26-17(14)10-4-1-5-12(24)15(10)21)11(7-13(20)23-16)22-8-9-3-2-6-25-9/h1-3,5-7,10,12,15,24H,4,8,21H2,(H,22,23)/t10-,12+,15+/m0/s1. The Hall–Kier alpha value is -0.960. The Balaban J connectivity index is 1.73. The van der Waals surface area contributed by atoms with Crippen LogP contribution in [0.15, 0.2) is 40.2 Å². The van der Waals surface area contributed by atoms with E-state index in [0.717, 1.165) is 38.2 Å². The number of aromatic nitrogens is 1. The van der Waals surface area contributed by atoms with E-state index in [1.165, 1.54) is 4.88 Å². The molecular weight excluding hydrogens is 454 g/mol. The van der Waals surface area contributed by atoms with Crippen LogP contribution in [-0.2, 0) is 6.54 Å². The first-order valence-corrected chi connectivity index (χ1v) is 11.1. The lowest BCUT2D eigenvalue weighted by Crippen LogP contribution is -2.40. The first-order chi connectivity index (χ1) is 12.5. The molecule has 4 rings (SSSR count). The summed E-state index contributed by atoms with van der Waals surface area (Å²) in [4.78, 5) is 6.87. The van der Waals surface area contributed by atoms with E-state index in [-0.39, 0.29) is 12.0 Å². The number of anilines is 1. The number of allylic oxidation sites excluding steroid dienone is 1. The predicted molar refractivity (Wildman–Crippen MR) is 114 cm³/mol. The summed E-state index contributed by atoms with van der Waals surface area (Å²) in [6.45, 7) is 0.738. The summed E-state index contributed by atoms with van der Waals surface area (Å²) >= 11 is 13.3. The van der Waals surface area contributed by atoms with Crippen LogP contribution in [0.5, 0.6) is 0 Å². The summed E-state index contributed by atoms with van der Waals surface area (Å²) in [5.74, 6) is 0.0486. The number of fused-ring (bicyclic) bond motifs is 1. The van der Waals surface area contributed by atoms with Crippen molar-refractivity contribution < 1.29 is 5.11 Å². The second kappa shape index (κ2) is 7.58. The van der Waals surface area contributed by atoms with Crippen LogP contribution in [0.1, 0.15) is 22.1 Å². The largest absolute Gasteiger partial charge is 0.387 e. The van der Waals surface area contributed by atoms with E-state index >= 15 is 0 Å². The van der Waals surface area contributed by atoms with Crippen LogP contribution in [0.3, 0.4) is 0 Å². The van der Waals surface area contributed by atoms with Gasteiger partial charge in [0.25, 0.3) is 0 Å². The van der Waals surface area contributed by atoms with Gasteiger partial charge in [-0.05, 0) is 33.8 Å². The quantitative estimate of drug-likeness (QED) is 0.366. The summed E-state index contributed by atoms with van der Waals surface area (Å²) in [6, 6.07) is 5.67. The molecule has 136 valence electrons. The second-order valence-electron chi connectivity index (χ2n) is 6.22. The number of nitrogens with two attached hydrogens (primary N) is 1. The predicted octanol–water partition coefficient (Wildman–Crippen LogP) is 5.12. The van der Waals surface area contributed by atoms with Crippen molar-refractivity contribution in [2.75, 3.05) is 5.32 Å². The lowest BCUT2D eigenvalue weighted by atomic mass is 9.86. The third-order valence-corrected chi connectivity index (χ3v) is 8.01. The Morgan fingerprint density at radius 1 is 1.46 bits per heavy atom. The fourth-order valence-electron chi connectivity index (χ4n) is 3.16. The molecule has 26 heavy (non-hydrogen) atoms. The van der Waals surface area contributed by atoms with E-state index in [4.69, 9.17) is 17.3 Å². The maximum absolute atomic E-state index is 10.1. The van der Waals surface area contributed by atoms with Crippen molar-refractivity contribution in [3.05, 3.63) is 55.1 Å². The van der Waals surface area contributed by atoms with Gasteiger partial charge in [-0.25, -0.2) is 4.98 Å². The first-order valence-electron chi connectivity index (χ1n) is 8.19. The number of pyridine rings is 1. The number of hydrogen-bond acceptors (Lipinski definition) is 6. The number of aliphatic hydroxyl groups excluding tert-OH is 1. The highest BCUT2D eigenvalue weighted by molar-refractivity contribution is 9.10. The molecule has 0 saturated heterocycles. The zero-order valence-electron chi connectivity index (χ0n) is 13.7. The average molecular weight is 471 g/mol. The molecule has 0 aliphatic heterocycles. The van der Waals surface area contributed by atoms with Gasteiger partial charge in [-0.3, -0.25) is 0 Å².